The molecule has 6 nitrogen and oxygen atoms in total. The Morgan fingerprint density at radius 3 is 2.22 bits per heavy atom. The van der Waals surface area contributed by atoms with E-state index in [2.05, 4.69) is 0 Å². The standard InChI is InChI=1S/C11H15NO5S/c1-8-3-5-9(6-4-8)18(16,17)12-11(2,7-13)10(14)15/h3-6,12-13H,7H2,1-2H3,(H,14,15)/t11-/m1/s1. The van der Waals surface area contributed by atoms with Crippen molar-refractivity contribution in [2.45, 2.75) is 24.3 Å². The van der Waals surface area contributed by atoms with E-state index in [1.54, 1.807) is 19.1 Å². The van der Waals surface area contributed by atoms with Gasteiger partial charge in [-0.05, 0) is 26.0 Å². The number of rotatable bonds is 5. The lowest BCUT2D eigenvalue weighted by Gasteiger charge is -2.23. The highest BCUT2D eigenvalue weighted by molar-refractivity contribution is 7.89. The van der Waals surface area contributed by atoms with Gasteiger partial charge in [0.1, 0.15) is 5.54 Å². The molecular weight excluding hydrogens is 258 g/mol. The maximum Gasteiger partial charge on any atom is 0.327 e. The summed E-state index contributed by atoms with van der Waals surface area (Å²) in [6, 6.07) is 5.95. The second kappa shape index (κ2) is 5.05. The van der Waals surface area contributed by atoms with Crippen LogP contribution in [-0.2, 0) is 14.8 Å². The smallest absolute Gasteiger partial charge is 0.327 e. The average molecular weight is 273 g/mol. The number of sulfonamides is 1. The summed E-state index contributed by atoms with van der Waals surface area (Å²) in [5.41, 5.74) is -1.05. The van der Waals surface area contributed by atoms with Crippen LogP contribution in [0.3, 0.4) is 0 Å². The lowest BCUT2D eigenvalue weighted by molar-refractivity contribution is -0.144. The second-order valence-electron chi connectivity index (χ2n) is 4.21. The Hall–Kier alpha value is -1.44. The molecule has 0 unspecified atom stereocenters. The van der Waals surface area contributed by atoms with Crippen LogP contribution >= 0.6 is 0 Å². The summed E-state index contributed by atoms with van der Waals surface area (Å²) in [4.78, 5) is 10.9. The predicted molar refractivity (Wildman–Crippen MR) is 64.6 cm³/mol. The minimum atomic E-state index is -3.98. The van der Waals surface area contributed by atoms with Gasteiger partial charge in [0.25, 0.3) is 0 Å². The molecule has 0 aliphatic heterocycles. The van der Waals surface area contributed by atoms with Crippen molar-refractivity contribution in [3.63, 3.8) is 0 Å². The molecule has 0 bridgehead atoms. The SMILES string of the molecule is Cc1ccc(S(=O)(=O)N[C@](C)(CO)C(=O)O)cc1. The average Bonchev–Trinajstić information content (AvgIpc) is 2.28. The summed E-state index contributed by atoms with van der Waals surface area (Å²) in [5.74, 6) is -1.44. The lowest BCUT2D eigenvalue weighted by Crippen LogP contribution is -2.54. The van der Waals surface area contributed by atoms with Crippen LogP contribution in [0.4, 0.5) is 0 Å². The largest absolute Gasteiger partial charge is 0.480 e. The number of aliphatic hydroxyl groups is 1. The number of hydrogen-bond donors (Lipinski definition) is 3. The predicted octanol–water partition coefficient (Wildman–Crippen LogP) is 0.109. The Morgan fingerprint density at radius 1 is 1.33 bits per heavy atom. The number of hydrogen-bond acceptors (Lipinski definition) is 4. The van der Waals surface area contributed by atoms with E-state index in [9.17, 15) is 13.2 Å². The van der Waals surface area contributed by atoms with Gasteiger partial charge in [0.05, 0.1) is 11.5 Å². The third-order valence-corrected chi connectivity index (χ3v) is 4.09. The van der Waals surface area contributed by atoms with Gasteiger partial charge in [0.15, 0.2) is 0 Å². The molecule has 1 atom stereocenters. The zero-order valence-corrected chi connectivity index (χ0v) is 10.9. The highest BCUT2D eigenvalue weighted by Crippen LogP contribution is 2.14. The van der Waals surface area contributed by atoms with Crippen LogP contribution in [0.2, 0.25) is 0 Å². The number of carboxylic acids is 1. The Kier molecular flexibility index (Phi) is 4.10. The Bertz CT molecular complexity index is 537. The van der Waals surface area contributed by atoms with Crippen molar-refractivity contribution in [1.29, 1.82) is 0 Å². The van der Waals surface area contributed by atoms with Gasteiger partial charge in [0, 0.05) is 0 Å². The zero-order chi connectivity index (χ0) is 14.0. The first-order valence-electron chi connectivity index (χ1n) is 5.16. The normalized spacial score (nSPS) is 15.1. The number of aliphatic hydroxyl groups excluding tert-OH is 1. The van der Waals surface area contributed by atoms with E-state index in [1.807, 2.05) is 4.72 Å². The molecule has 7 heteroatoms. The molecule has 3 N–H and O–H groups in total. The minimum Gasteiger partial charge on any atom is -0.480 e. The molecule has 0 radical (unpaired) electrons. The third kappa shape index (κ3) is 3.06. The molecule has 0 saturated heterocycles. The van der Waals surface area contributed by atoms with E-state index >= 15 is 0 Å². The van der Waals surface area contributed by atoms with Gasteiger partial charge in [-0.15, -0.1) is 0 Å². The first kappa shape index (κ1) is 14.6. The number of nitrogens with one attached hydrogen (secondary N) is 1. The summed E-state index contributed by atoms with van der Waals surface area (Å²) in [6.45, 7) is 2.06. The number of benzene rings is 1. The van der Waals surface area contributed by atoms with Gasteiger partial charge in [-0.1, -0.05) is 17.7 Å². The third-order valence-electron chi connectivity index (χ3n) is 2.48. The lowest BCUT2D eigenvalue weighted by atomic mass is 10.1. The van der Waals surface area contributed by atoms with E-state index < -0.39 is 28.1 Å². The van der Waals surface area contributed by atoms with Gasteiger partial charge in [-0.25, -0.2) is 8.42 Å². The summed E-state index contributed by atoms with van der Waals surface area (Å²) in [6.07, 6.45) is 0. The minimum absolute atomic E-state index is 0.0472. The fourth-order valence-electron chi connectivity index (χ4n) is 1.22. The molecule has 0 heterocycles. The molecule has 0 fully saturated rings. The first-order chi connectivity index (χ1) is 8.21. The van der Waals surface area contributed by atoms with Crippen molar-refractivity contribution < 1.29 is 23.4 Å². The highest BCUT2D eigenvalue weighted by atomic mass is 32.2. The Labute approximate surface area is 105 Å². The molecule has 1 aromatic carbocycles. The quantitative estimate of drug-likeness (QED) is 0.706. The molecule has 0 saturated carbocycles. The number of carbonyl (C=O) groups is 1. The maximum atomic E-state index is 11.9. The molecule has 0 aromatic heterocycles. The monoisotopic (exact) mass is 273 g/mol. The van der Waals surface area contributed by atoms with Gasteiger partial charge in [0.2, 0.25) is 10.0 Å². The zero-order valence-electron chi connectivity index (χ0n) is 10.0. The molecule has 0 amide bonds. The summed E-state index contributed by atoms with van der Waals surface area (Å²) >= 11 is 0. The van der Waals surface area contributed by atoms with Crippen molar-refractivity contribution >= 4 is 16.0 Å². The number of aliphatic carboxylic acids is 1. The van der Waals surface area contributed by atoms with Crippen molar-refractivity contribution in [3.8, 4) is 0 Å². The van der Waals surface area contributed by atoms with E-state index in [4.69, 9.17) is 10.2 Å². The Morgan fingerprint density at radius 2 is 1.83 bits per heavy atom. The summed E-state index contributed by atoms with van der Waals surface area (Å²) < 4.78 is 25.9. The molecule has 18 heavy (non-hydrogen) atoms. The van der Waals surface area contributed by atoms with Crippen LogP contribution in [0.25, 0.3) is 0 Å². The number of aryl methyl sites for hydroxylation is 1. The molecule has 1 aromatic rings. The van der Waals surface area contributed by atoms with Gasteiger partial charge in [-0.3, -0.25) is 4.79 Å². The number of carboxylic acid groups (broad SMARTS) is 1. The van der Waals surface area contributed by atoms with Crippen molar-refractivity contribution in [2.24, 2.45) is 0 Å². The molecule has 0 aliphatic rings. The van der Waals surface area contributed by atoms with Crippen LogP contribution in [0.1, 0.15) is 12.5 Å². The fourth-order valence-corrected chi connectivity index (χ4v) is 2.57. The fraction of sp³-hybridized carbons (Fsp3) is 0.364. The van der Waals surface area contributed by atoms with Crippen molar-refractivity contribution in [1.82, 2.24) is 4.72 Å². The van der Waals surface area contributed by atoms with Crippen LogP contribution in [0.15, 0.2) is 29.2 Å². The van der Waals surface area contributed by atoms with E-state index in [0.717, 1.165) is 12.5 Å². The van der Waals surface area contributed by atoms with E-state index in [0.29, 0.717) is 0 Å². The van der Waals surface area contributed by atoms with Crippen molar-refractivity contribution in [2.75, 3.05) is 6.61 Å². The van der Waals surface area contributed by atoms with Gasteiger partial charge in [-0.2, -0.15) is 4.72 Å². The first-order valence-corrected chi connectivity index (χ1v) is 6.64. The van der Waals surface area contributed by atoms with E-state index in [-0.39, 0.29) is 4.90 Å². The molecule has 100 valence electrons. The van der Waals surface area contributed by atoms with Crippen LogP contribution in [0.5, 0.6) is 0 Å². The highest BCUT2D eigenvalue weighted by Gasteiger charge is 2.37. The van der Waals surface area contributed by atoms with Crippen LogP contribution in [-0.4, -0.2) is 36.7 Å². The summed E-state index contributed by atoms with van der Waals surface area (Å²) in [5, 5.41) is 17.9. The summed E-state index contributed by atoms with van der Waals surface area (Å²) in [7, 11) is -3.98. The van der Waals surface area contributed by atoms with Crippen molar-refractivity contribution in [3.05, 3.63) is 29.8 Å². The van der Waals surface area contributed by atoms with Gasteiger partial charge < -0.3 is 10.2 Å². The molecule has 0 aliphatic carbocycles. The molecule has 0 spiro atoms. The van der Waals surface area contributed by atoms with Crippen LogP contribution in [0, 0.1) is 6.92 Å². The molecule has 1 rings (SSSR count). The van der Waals surface area contributed by atoms with Gasteiger partial charge >= 0.3 is 5.97 Å². The van der Waals surface area contributed by atoms with E-state index in [1.165, 1.54) is 12.1 Å². The Balaban J connectivity index is 3.09. The second-order valence-corrected chi connectivity index (χ2v) is 5.90. The topological polar surface area (TPSA) is 104 Å². The molecular formula is C11H15NO5S. The maximum absolute atomic E-state index is 11.9. The van der Waals surface area contributed by atoms with Crippen LogP contribution < -0.4 is 4.72 Å².